The molecule has 1 heterocycles. The number of aromatic nitrogens is 2. The Morgan fingerprint density at radius 2 is 2.00 bits per heavy atom. The summed E-state index contributed by atoms with van der Waals surface area (Å²) in [6, 6.07) is 8.33. The van der Waals surface area contributed by atoms with E-state index in [4.69, 9.17) is 5.73 Å². The summed E-state index contributed by atoms with van der Waals surface area (Å²) in [5.41, 5.74) is 10.6. The molecule has 18 heavy (non-hydrogen) atoms. The van der Waals surface area contributed by atoms with Crippen LogP contribution >= 0.6 is 0 Å². The first kappa shape index (κ1) is 12.7. The second kappa shape index (κ2) is 5.25. The van der Waals surface area contributed by atoms with E-state index >= 15 is 0 Å². The SMILES string of the molecule is CCCCc1cc(N)n(-c2cc(C)ccc2C)n1. The molecule has 2 rings (SSSR count). The molecule has 0 aliphatic heterocycles. The van der Waals surface area contributed by atoms with Crippen LogP contribution in [0.3, 0.4) is 0 Å². The third kappa shape index (κ3) is 2.55. The van der Waals surface area contributed by atoms with Crippen LogP contribution in [0.25, 0.3) is 5.69 Å². The zero-order chi connectivity index (χ0) is 13.1. The number of aryl methyl sites for hydroxylation is 3. The van der Waals surface area contributed by atoms with E-state index in [2.05, 4.69) is 44.1 Å². The van der Waals surface area contributed by atoms with Gasteiger partial charge in [0.25, 0.3) is 0 Å². The van der Waals surface area contributed by atoms with Crippen molar-refractivity contribution in [2.24, 2.45) is 0 Å². The number of nitrogens with two attached hydrogens (primary N) is 1. The van der Waals surface area contributed by atoms with Crippen LogP contribution in [0, 0.1) is 13.8 Å². The third-order valence-corrected chi connectivity index (χ3v) is 3.17. The van der Waals surface area contributed by atoms with Gasteiger partial charge >= 0.3 is 0 Å². The Morgan fingerprint density at radius 1 is 1.22 bits per heavy atom. The van der Waals surface area contributed by atoms with Gasteiger partial charge in [0.2, 0.25) is 0 Å². The second-order valence-electron chi connectivity index (χ2n) is 4.87. The molecule has 3 heteroatoms. The average molecular weight is 243 g/mol. The Bertz CT molecular complexity index is 541. The number of hydrogen-bond acceptors (Lipinski definition) is 2. The minimum absolute atomic E-state index is 0.717. The van der Waals surface area contributed by atoms with Crippen molar-refractivity contribution in [2.45, 2.75) is 40.0 Å². The van der Waals surface area contributed by atoms with Crippen molar-refractivity contribution in [3.63, 3.8) is 0 Å². The number of hydrogen-bond donors (Lipinski definition) is 1. The molecule has 0 unspecified atom stereocenters. The fourth-order valence-electron chi connectivity index (χ4n) is 2.07. The van der Waals surface area contributed by atoms with Crippen molar-refractivity contribution < 1.29 is 0 Å². The van der Waals surface area contributed by atoms with Crippen molar-refractivity contribution in [3.05, 3.63) is 41.1 Å². The fourth-order valence-corrected chi connectivity index (χ4v) is 2.07. The molecule has 0 amide bonds. The number of anilines is 1. The van der Waals surface area contributed by atoms with Gasteiger partial charge in [0.15, 0.2) is 0 Å². The summed E-state index contributed by atoms with van der Waals surface area (Å²) in [4.78, 5) is 0. The Kier molecular flexibility index (Phi) is 3.70. The lowest BCUT2D eigenvalue weighted by molar-refractivity contribution is 0.752. The topological polar surface area (TPSA) is 43.8 Å². The monoisotopic (exact) mass is 243 g/mol. The molecular formula is C15H21N3. The summed E-state index contributed by atoms with van der Waals surface area (Å²) < 4.78 is 1.85. The van der Waals surface area contributed by atoms with Gasteiger partial charge in [-0.25, -0.2) is 4.68 Å². The van der Waals surface area contributed by atoms with Gasteiger partial charge in [-0.2, -0.15) is 5.10 Å². The molecule has 0 fully saturated rings. The number of benzene rings is 1. The summed E-state index contributed by atoms with van der Waals surface area (Å²) in [6.07, 6.45) is 3.33. The predicted octanol–water partition coefficient (Wildman–Crippen LogP) is 3.41. The van der Waals surface area contributed by atoms with Gasteiger partial charge in [-0.05, 0) is 43.9 Å². The average Bonchev–Trinajstić information content (AvgIpc) is 2.71. The smallest absolute Gasteiger partial charge is 0.127 e. The van der Waals surface area contributed by atoms with Crippen molar-refractivity contribution in [3.8, 4) is 5.69 Å². The normalized spacial score (nSPS) is 10.8. The number of nitrogen functional groups attached to an aromatic ring is 1. The van der Waals surface area contributed by atoms with Crippen molar-refractivity contribution in [2.75, 3.05) is 5.73 Å². The molecule has 3 nitrogen and oxygen atoms in total. The van der Waals surface area contributed by atoms with Crippen LogP contribution in [-0.2, 0) is 6.42 Å². The lowest BCUT2D eigenvalue weighted by atomic mass is 10.1. The second-order valence-corrected chi connectivity index (χ2v) is 4.87. The number of unbranched alkanes of at least 4 members (excludes halogenated alkanes) is 1. The van der Waals surface area contributed by atoms with E-state index in [1.807, 2.05) is 10.7 Å². The Hall–Kier alpha value is -1.77. The van der Waals surface area contributed by atoms with E-state index in [1.165, 1.54) is 17.5 Å². The van der Waals surface area contributed by atoms with Crippen LogP contribution in [0.4, 0.5) is 5.82 Å². The standard InChI is InChI=1S/C15H21N3/c1-4-5-6-13-10-15(16)18(17-13)14-9-11(2)7-8-12(14)3/h7-10H,4-6,16H2,1-3H3. The lowest BCUT2D eigenvalue weighted by Gasteiger charge is -2.08. The summed E-state index contributed by atoms with van der Waals surface area (Å²) in [5.74, 6) is 0.717. The number of rotatable bonds is 4. The molecule has 0 radical (unpaired) electrons. The molecule has 0 aliphatic carbocycles. The van der Waals surface area contributed by atoms with Gasteiger partial charge in [0.1, 0.15) is 5.82 Å². The molecular weight excluding hydrogens is 222 g/mol. The highest BCUT2D eigenvalue weighted by Gasteiger charge is 2.09. The zero-order valence-electron chi connectivity index (χ0n) is 11.4. The Labute approximate surface area is 109 Å². The van der Waals surface area contributed by atoms with Crippen LogP contribution in [-0.4, -0.2) is 9.78 Å². The summed E-state index contributed by atoms with van der Waals surface area (Å²) in [5, 5.41) is 4.61. The first-order chi connectivity index (χ1) is 8.61. The molecule has 1 aromatic carbocycles. The van der Waals surface area contributed by atoms with E-state index < -0.39 is 0 Å². The highest BCUT2D eigenvalue weighted by Crippen LogP contribution is 2.20. The van der Waals surface area contributed by atoms with Gasteiger partial charge < -0.3 is 5.73 Å². The van der Waals surface area contributed by atoms with Gasteiger partial charge in [-0.3, -0.25) is 0 Å². The van der Waals surface area contributed by atoms with E-state index in [9.17, 15) is 0 Å². The molecule has 96 valence electrons. The first-order valence-corrected chi connectivity index (χ1v) is 6.54. The van der Waals surface area contributed by atoms with Crippen molar-refractivity contribution in [1.29, 1.82) is 0 Å². The maximum Gasteiger partial charge on any atom is 0.127 e. The quantitative estimate of drug-likeness (QED) is 0.894. The summed E-state index contributed by atoms with van der Waals surface area (Å²) in [7, 11) is 0. The minimum Gasteiger partial charge on any atom is -0.384 e. The van der Waals surface area contributed by atoms with Gasteiger partial charge in [-0.1, -0.05) is 25.5 Å². The zero-order valence-corrected chi connectivity index (χ0v) is 11.4. The summed E-state index contributed by atoms with van der Waals surface area (Å²) >= 11 is 0. The van der Waals surface area contributed by atoms with Crippen LogP contribution in [0.1, 0.15) is 36.6 Å². The molecule has 0 aliphatic rings. The number of nitrogens with zero attached hydrogens (tertiary/aromatic N) is 2. The molecule has 2 aromatic rings. The van der Waals surface area contributed by atoms with Gasteiger partial charge in [-0.15, -0.1) is 0 Å². The van der Waals surface area contributed by atoms with E-state index in [1.54, 1.807) is 0 Å². The third-order valence-electron chi connectivity index (χ3n) is 3.17. The van der Waals surface area contributed by atoms with Gasteiger partial charge in [0.05, 0.1) is 11.4 Å². The molecule has 0 spiro atoms. The van der Waals surface area contributed by atoms with Crippen LogP contribution < -0.4 is 5.73 Å². The molecule has 1 aromatic heterocycles. The van der Waals surface area contributed by atoms with Crippen molar-refractivity contribution >= 4 is 5.82 Å². The predicted molar refractivity (Wildman–Crippen MR) is 76.1 cm³/mol. The fraction of sp³-hybridized carbons (Fsp3) is 0.400. The Balaban J connectivity index is 2.38. The lowest BCUT2D eigenvalue weighted by Crippen LogP contribution is -2.04. The molecule has 2 N–H and O–H groups in total. The molecule has 0 atom stereocenters. The van der Waals surface area contributed by atoms with Crippen LogP contribution in [0.2, 0.25) is 0 Å². The Morgan fingerprint density at radius 3 is 2.72 bits per heavy atom. The molecule has 0 saturated heterocycles. The largest absolute Gasteiger partial charge is 0.384 e. The first-order valence-electron chi connectivity index (χ1n) is 6.54. The minimum atomic E-state index is 0.717. The highest BCUT2D eigenvalue weighted by molar-refractivity contribution is 5.48. The van der Waals surface area contributed by atoms with E-state index in [0.29, 0.717) is 0 Å². The van der Waals surface area contributed by atoms with Gasteiger partial charge in [0, 0.05) is 6.07 Å². The maximum absolute atomic E-state index is 6.06. The van der Waals surface area contributed by atoms with E-state index in [0.717, 1.165) is 30.0 Å². The van der Waals surface area contributed by atoms with Crippen LogP contribution in [0.15, 0.2) is 24.3 Å². The van der Waals surface area contributed by atoms with Crippen molar-refractivity contribution in [1.82, 2.24) is 9.78 Å². The highest BCUT2D eigenvalue weighted by atomic mass is 15.3. The summed E-state index contributed by atoms with van der Waals surface area (Å²) in [6.45, 7) is 6.35. The molecule has 0 bridgehead atoms. The van der Waals surface area contributed by atoms with Crippen LogP contribution in [0.5, 0.6) is 0 Å². The molecule has 0 saturated carbocycles. The van der Waals surface area contributed by atoms with E-state index in [-0.39, 0.29) is 0 Å². The maximum atomic E-state index is 6.06.